The third-order valence-electron chi connectivity index (χ3n) is 4.39. The highest BCUT2D eigenvalue weighted by Crippen LogP contribution is 2.28. The molecule has 1 aliphatic heterocycles. The average molecular weight is 413 g/mol. The molecule has 1 aliphatic rings. The molecule has 0 aromatic heterocycles. The summed E-state index contributed by atoms with van der Waals surface area (Å²) in [4.78, 5) is 12.7. The molecule has 0 unspecified atom stereocenters. The zero-order chi connectivity index (χ0) is 18.7. The molecule has 1 saturated heterocycles. The molecule has 2 aromatic rings. The minimum atomic E-state index is -3.52. The van der Waals surface area contributed by atoms with Crippen LogP contribution in [0.3, 0.4) is 0 Å². The number of halogens is 2. The second-order valence-corrected chi connectivity index (χ2v) is 8.89. The normalized spacial score (nSPS) is 16.4. The Hall–Kier alpha value is -1.60. The van der Waals surface area contributed by atoms with Gasteiger partial charge in [-0.05, 0) is 43.2 Å². The van der Waals surface area contributed by atoms with E-state index < -0.39 is 10.0 Å². The number of piperidine rings is 1. The molecule has 0 radical (unpaired) electrons. The first-order valence-electron chi connectivity index (χ1n) is 8.19. The molecule has 8 heteroatoms. The summed E-state index contributed by atoms with van der Waals surface area (Å²) in [5, 5.41) is 3.66. The van der Waals surface area contributed by atoms with Crippen molar-refractivity contribution in [3.05, 3.63) is 58.6 Å². The molecule has 138 valence electrons. The first-order chi connectivity index (χ1) is 12.4. The fourth-order valence-electron chi connectivity index (χ4n) is 2.93. The lowest BCUT2D eigenvalue weighted by atomic mass is 9.97. The van der Waals surface area contributed by atoms with Crippen LogP contribution in [0.1, 0.15) is 12.8 Å². The second kappa shape index (κ2) is 7.96. The smallest absolute Gasteiger partial charge is 0.243 e. The number of carbonyl (C=O) groups excluding carboxylic acids is 1. The van der Waals surface area contributed by atoms with Gasteiger partial charge >= 0.3 is 0 Å². The average Bonchev–Trinajstić information content (AvgIpc) is 2.65. The summed E-state index contributed by atoms with van der Waals surface area (Å²) in [5.41, 5.74) is 0.500. The molecule has 0 saturated carbocycles. The van der Waals surface area contributed by atoms with Crippen molar-refractivity contribution in [3.8, 4) is 0 Å². The largest absolute Gasteiger partial charge is 0.325 e. The van der Waals surface area contributed by atoms with Gasteiger partial charge in [-0.15, -0.1) is 0 Å². The van der Waals surface area contributed by atoms with E-state index in [9.17, 15) is 13.2 Å². The highest BCUT2D eigenvalue weighted by atomic mass is 35.5. The van der Waals surface area contributed by atoms with Crippen LogP contribution in [-0.2, 0) is 14.8 Å². The van der Waals surface area contributed by atoms with E-state index in [0.717, 1.165) is 0 Å². The van der Waals surface area contributed by atoms with Crippen LogP contribution in [0.4, 0.5) is 5.69 Å². The number of benzene rings is 2. The van der Waals surface area contributed by atoms with Crippen molar-refractivity contribution in [2.75, 3.05) is 18.4 Å². The molecular formula is C18H18Cl2N2O3S. The first-order valence-corrected chi connectivity index (χ1v) is 10.4. The van der Waals surface area contributed by atoms with Gasteiger partial charge in [-0.3, -0.25) is 4.79 Å². The number of rotatable bonds is 4. The lowest BCUT2D eigenvalue weighted by Gasteiger charge is -2.30. The molecule has 1 amide bonds. The van der Waals surface area contributed by atoms with E-state index in [4.69, 9.17) is 23.2 Å². The molecular weight excluding hydrogens is 395 g/mol. The lowest BCUT2D eigenvalue weighted by molar-refractivity contribution is -0.120. The molecule has 5 nitrogen and oxygen atoms in total. The highest BCUT2D eigenvalue weighted by molar-refractivity contribution is 7.89. The maximum atomic E-state index is 12.6. The topological polar surface area (TPSA) is 66.5 Å². The van der Waals surface area contributed by atoms with Crippen LogP contribution in [0.2, 0.25) is 10.0 Å². The molecule has 0 spiro atoms. The van der Waals surface area contributed by atoms with Crippen LogP contribution in [0.25, 0.3) is 0 Å². The minimum Gasteiger partial charge on any atom is -0.325 e. The monoisotopic (exact) mass is 412 g/mol. The summed E-state index contributed by atoms with van der Waals surface area (Å²) in [6.07, 6.45) is 0.923. The molecule has 1 N–H and O–H groups in total. The van der Waals surface area contributed by atoms with Crippen LogP contribution in [-0.4, -0.2) is 31.7 Å². The molecule has 0 bridgehead atoms. The highest BCUT2D eigenvalue weighted by Gasteiger charge is 2.32. The van der Waals surface area contributed by atoms with Crippen LogP contribution < -0.4 is 5.32 Å². The van der Waals surface area contributed by atoms with E-state index in [1.54, 1.807) is 48.5 Å². The van der Waals surface area contributed by atoms with E-state index in [1.807, 2.05) is 0 Å². The SMILES string of the molecule is O=C(Nc1ccc(Cl)cc1Cl)C1CCN(S(=O)(=O)c2ccccc2)CC1. The Kier molecular flexibility index (Phi) is 5.87. The van der Waals surface area contributed by atoms with Crippen molar-refractivity contribution in [2.45, 2.75) is 17.7 Å². The maximum absolute atomic E-state index is 12.6. The van der Waals surface area contributed by atoms with E-state index in [2.05, 4.69) is 5.32 Å². The second-order valence-electron chi connectivity index (χ2n) is 6.10. The summed E-state index contributed by atoms with van der Waals surface area (Å²) < 4.78 is 26.7. The number of nitrogens with zero attached hydrogens (tertiary/aromatic N) is 1. The molecule has 0 atom stereocenters. The Balaban J connectivity index is 1.62. The van der Waals surface area contributed by atoms with Gasteiger partial charge in [0.05, 0.1) is 15.6 Å². The maximum Gasteiger partial charge on any atom is 0.243 e. The van der Waals surface area contributed by atoms with Crippen molar-refractivity contribution < 1.29 is 13.2 Å². The number of hydrogen-bond acceptors (Lipinski definition) is 3. The molecule has 26 heavy (non-hydrogen) atoms. The Morgan fingerprint density at radius 1 is 1.04 bits per heavy atom. The predicted octanol–water partition coefficient (Wildman–Crippen LogP) is 4.03. The third-order valence-corrected chi connectivity index (χ3v) is 6.86. The Bertz CT molecular complexity index is 896. The number of carbonyl (C=O) groups is 1. The first kappa shape index (κ1) is 19.2. The molecule has 2 aromatic carbocycles. The van der Waals surface area contributed by atoms with E-state index in [0.29, 0.717) is 41.7 Å². The van der Waals surface area contributed by atoms with E-state index in [-0.39, 0.29) is 16.7 Å². The van der Waals surface area contributed by atoms with Crippen molar-refractivity contribution in [3.63, 3.8) is 0 Å². The standard InChI is InChI=1S/C18H18Cl2N2O3S/c19-14-6-7-17(16(20)12-14)21-18(23)13-8-10-22(11-9-13)26(24,25)15-4-2-1-3-5-15/h1-7,12-13H,8-11H2,(H,21,23). The fourth-order valence-corrected chi connectivity index (χ4v) is 4.87. The zero-order valence-electron chi connectivity index (χ0n) is 13.9. The third kappa shape index (κ3) is 4.20. The van der Waals surface area contributed by atoms with Gasteiger partial charge < -0.3 is 5.32 Å². The molecule has 3 rings (SSSR count). The quantitative estimate of drug-likeness (QED) is 0.823. The molecule has 1 fully saturated rings. The summed E-state index contributed by atoms with van der Waals surface area (Å²) >= 11 is 11.9. The predicted molar refractivity (Wildman–Crippen MR) is 103 cm³/mol. The summed E-state index contributed by atoms with van der Waals surface area (Å²) in [6.45, 7) is 0.618. The Morgan fingerprint density at radius 3 is 2.31 bits per heavy atom. The van der Waals surface area contributed by atoms with Crippen LogP contribution >= 0.6 is 23.2 Å². The summed E-state index contributed by atoms with van der Waals surface area (Å²) in [6, 6.07) is 13.2. The van der Waals surface area contributed by atoms with Crippen molar-refractivity contribution >= 4 is 44.8 Å². The molecule has 1 heterocycles. The van der Waals surface area contributed by atoms with Crippen molar-refractivity contribution in [1.29, 1.82) is 0 Å². The lowest BCUT2D eigenvalue weighted by Crippen LogP contribution is -2.41. The van der Waals surface area contributed by atoms with Crippen LogP contribution in [0, 0.1) is 5.92 Å². The Labute approximate surface area is 163 Å². The van der Waals surface area contributed by atoms with Gasteiger partial charge in [-0.2, -0.15) is 4.31 Å². The zero-order valence-corrected chi connectivity index (χ0v) is 16.2. The van der Waals surface area contributed by atoms with Gasteiger partial charge in [0, 0.05) is 24.0 Å². The van der Waals surface area contributed by atoms with Gasteiger partial charge in [-0.1, -0.05) is 41.4 Å². The fraction of sp³-hybridized carbons (Fsp3) is 0.278. The van der Waals surface area contributed by atoms with E-state index in [1.165, 1.54) is 4.31 Å². The molecule has 0 aliphatic carbocycles. The number of amides is 1. The van der Waals surface area contributed by atoms with Gasteiger partial charge in [0.25, 0.3) is 0 Å². The van der Waals surface area contributed by atoms with Gasteiger partial charge in [0.2, 0.25) is 15.9 Å². The Morgan fingerprint density at radius 2 is 1.69 bits per heavy atom. The van der Waals surface area contributed by atoms with Crippen molar-refractivity contribution in [2.24, 2.45) is 5.92 Å². The summed E-state index contributed by atoms with van der Waals surface area (Å²) in [7, 11) is -3.52. The number of hydrogen-bond donors (Lipinski definition) is 1. The number of anilines is 1. The van der Waals surface area contributed by atoms with Crippen molar-refractivity contribution in [1.82, 2.24) is 4.31 Å². The van der Waals surface area contributed by atoms with Crippen LogP contribution in [0.5, 0.6) is 0 Å². The van der Waals surface area contributed by atoms with Gasteiger partial charge in [-0.25, -0.2) is 8.42 Å². The van der Waals surface area contributed by atoms with Crippen LogP contribution in [0.15, 0.2) is 53.4 Å². The number of nitrogens with one attached hydrogen (secondary N) is 1. The number of sulfonamides is 1. The van der Waals surface area contributed by atoms with Gasteiger partial charge in [0.1, 0.15) is 0 Å². The minimum absolute atomic E-state index is 0.161. The summed E-state index contributed by atoms with van der Waals surface area (Å²) in [5.74, 6) is -0.421. The van der Waals surface area contributed by atoms with E-state index >= 15 is 0 Å². The van der Waals surface area contributed by atoms with Gasteiger partial charge in [0.15, 0.2) is 0 Å².